The summed E-state index contributed by atoms with van der Waals surface area (Å²) in [5.41, 5.74) is 0. The second-order valence-electron chi connectivity index (χ2n) is 3.96. The fourth-order valence-corrected chi connectivity index (χ4v) is 3.90. The first-order valence-electron chi connectivity index (χ1n) is 5.99. The number of hydrogen-bond acceptors (Lipinski definition) is 5. The van der Waals surface area contributed by atoms with Crippen molar-refractivity contribution in [3.63, 3.8) is 0 Å². The average Bonchev–Trinajstić information content (AvgIpc) is 2.39. The summed E-state index contributed by atoms with van der Waals surface area (Å²) in [6.07, 6.45) is 0.706. The lowest BCUT2D eigenvalue weighted by Gasteiger charge is -2.11. The van der Waals surface area contributed by atoms with E-state index in [1.54, 1.807) is 7.11 Å². The molecular formula is C12H15Br2ClO5S. The molecule has 0 heterocycles. The van der Waals surface area contributed by atoms with Gasteiger partial charge >= 0.3 is 0 Å². The van der Waals surface area contributed by atoms with Gasteiger partial charge in [-0.2, -0.15) is 0 Å². The van der Waals surface area contributed by atoms with Gasteiger partial charge in [-0.25, -0.2) is 8.42 Å². The number of methoxy groups -OCH3 is 1. The van der Waals surface area contributed by atoms with Crippen molar-refractivity contribution in [2.24, 2.45) is 0 Å². The molecule has 0 N–H and O–H groups in total. The van der Waals surface area contributed by atoms with Gasteiger partial charge in [-0.15, -0.1) is 0 Å². The van der Waals surface area contributed by atoms with Gasteiger partial charge in [0.1, 0.15) is 5.75 Å². The van der Waals surface area contributed by atoms with Crippen LogP contribution in [-0.2, 0) is 18.5 Å². The van der Waals surface area contributed by atoms with Crippen LogP contribution in [0.1, 0.15) is 6.42 Å². The first-order chi connectivity index (χ1) is 9.86. The normalized spacial score (nSPS) is 11.6. The Balaban J connectivity index is 2.53. The summed E-state index contributed by atoms with van der Waals surface area (Å²) in [5.74, 6) is 0.524. The summed E-state index contributed by atoms with van der Waals surface area (Å²) in [6, 6.07) is 2.80. The number of benzene rings is 1. The Kier molecular flexibility index (Phi) is 8.51. The van der Waals surface area contributed by atoms with E-state index in [2.05, 4.69) is 31.9 Å². The third-order valence-electron chi connectivity index (χ3n) is 2.36. The van der Waals surface area contributed by atoms with Gasteiger partial charge in [0.2, 0.25) is 0 Å². The molecule has 0 aromatic heterocycles. The molecule has 120 valence electrons. The second-order valence-corrected chi connectivity index (χ2v) is 8.24. The van der Waals surface area contributed by atoms with Gasteiger partial charge < -0.3 is 14.2 Å². The molecule has 0 saturated heterocycles. The van der Waals surface area contributed by atoms with Crippen molar-refractivity contribution >= 4 is 51.6 Å². The van der Waals surface area contributed by atoms with Crippen molar-refractivity contribution in [1.29, 1.82) is 0 Å². The third kappa shape index (κ3) is 6.83. The highest BCUT2D eigenvalue weighted by atomic mass is 79.9. The van der Waals surface area contributed by atoms with Crippen LogP contribution in [0.4, 0.5) is 0 Å². The lowest BCUT2D eigenvalue weighted by atomic mass is 10.3. The zero-order chi connectivity index (χ0) is 15.9. The van der Waals surface area contributed by atoms with E-state index >= 15 is 0 Å². The molecule has 0 atom stereocenters. The van der Waals surface area contributed by atoms with Gasteiger partial charge in [-0.1, -0.05) is 0 Å². The quantitative estimate of drug-likeness (QED) is 0.411. The zero-order valence-corrected chi connectivity index (χ0v) is 16.0. The Bertz CT molecular complexity index is 542. The lowest BCUT2D eigenvalue weighted by molar-refractivity contribution is 0.0643. The number of rotatable bonds is 9. The largest absolute Gasteiger partial charge is 0.491 e. The standard InChI is InChI=1S/C12H15Br2ClO5S/c1-18-5-6-19-3-2-4-20-12-10(13)7-9(8-11(12)14)21(15,16)17/h7-8H,2-6H2,1H3. The predicted octanol–water partition coefficient (Wildman–Crippen LogP) is 3.57. The Morgan fingerprint density at radius 2 is 1.71 bits per heavy atom. The van der Waals surface area contributed by atoms with E-state index in [-0.39, 0.29) is 4.90 Å². The van der Waals surface area contributed by atoms with E-state index in [1.807, 2.05) is 0 Å². The highest BCUT2D eigenvalue weighted by Gasteiger charge is 2.16. The molecule has 0 unspecified atom stereocenters. The molecule has 9 heteroatoms. The molecule has 0 aliphatic carbocycles. The molecule has 0 fully saturated rings. The predicted molar refractivity (Wildman–Crippen MR) is 87.7 cm³/mol. The van der Waals surface area contributed by atoms with E-state index in [4.69, 9.17) is 24.9 Å². The van der Waals surface area contributed by atoms with Gasteiger partial charge in [0, 0.05) is 30.8 Å². The van der Waals surface area contributed by atoms with Crippen molar-refractivity contribution in [3.8, 4) is 5.75 Å². The summed E-state index contributed by atoms with van der Waals surface area (Å²) < 4.78 is 39.4. The maximum absolute atomic E-state index is 11.3. The molecule has 1 rings (SSSR count). The van der Waals surface area contributed by atoms with E-state index in [9.17, 15) is 8.42 Å². The van der Waals surface area contributed by atoms with Gasteiger partial charge in [0.15, 0.2) is 0 Å². The molecule has 0 saturated carbocycles. The van der Waals surface area contributed by atoms with Crippen LogP contribution in [0.15, 0.2) is 26.0 Å². The molecule has 0 bridgehead atoms. The van der Waals surface area contributed by atoms with E-state index in [1.165, 1.54) is 12.1 Å². The maximum atomic E-state index is 11.3. The monoisotopic (exact) mass is 464 g/mol. The minimum absolute atomic E-state index is 0.00170. The van der Waals surface area contributed by atoms with Gasteiger partial charge in [-0.05, 0) is 44.0 Å². The smallest absolute Gasteiger partial charge is 0.261 e. The Labute approximate surface area is 145 Å². The molecule has 5 nitrogen and oxygen atoms in total. The van der Waals surface area contributed by atoms with Crippen LogP contribution in [0.25, 0.3) is 0 Å². The fourth-order valence-electron chi connectivity index (χ4n) is 1.39. The van der Waals surface area contributed by atoms with E-state index in [0.29, 0.717) is 47.5 Å². The Morgan fingerprint density at radius 1 is 1.10 bits per heavy atom. The third-order valence-corrected chi connectivity index (χ3v) is 4.88. The molecule has 0 amide bonds. The van der Waals surface area contributed by atoms with Crippen LogP contribution in [-0.4, -0.2) is 42.0 Å². The number of ether oxygens (including phenoxy) is 3. The molecule has 0 aliphatic heterocycles. The molecular weight excluding hydrogens is 451 g/mol. The first-order valence-corrected chi connectivity index (χ1v) is 9.89. The molecule has 21 heavy (non-hydrogen) atoms. The molecule has 0 radical (unpaired) electrons. The summed E-state index contributed by atoms with van der Waals surface area (Å²) in [4.78, 5) is -0.00170. The van der Waals surface area contributed by atoms with Crippen LogP contribution < -0.4 is 4.74 Å². The van der Waals surface area contributed by atoms with Gasteiger partial charge in [-0.3, -0.25) is 0 Å². The summed E-state index contributed by atoms with van der Waals surface area (Å²) in [7, 11) is 3.14. The Morgan fingerprint density at radius 3 is 2.24 bits per heavy atom. The van der Waals surface area contributed by atoms with Crippen LogP contribution in [0.2, 0.25) is 0 Å². The minimum atomic E-state index is -3.78. The topological polar surface area (TPSA) is 61.8 Å². The zero-order valence-electron chi connectivity index (χ0n) is 11.3. The van der Waals surface area contributed by atoms with Crippen LogP contribution in [0.5, 0.6) is 5.75 Å². The average molecular weight is 467 g/mol. The van der Waals surface area contributed by atoms with Crippen molar-refractivity contribution in [3.05, 3.63) is 21.1 Å². The highest BCUT2D eigenvalue weighted by molar-refractivity contribution is 9.11. The summed E-state index contributed by atoms with van der Waals surface area (Å²) >= 11 is 6.54. The Hall–Kier alpha value is 0.140. The molecule has 0 spiro atoms. The van der Waals surface area contributed by atoms with Crippen LogP contribution in [0.3, 0.4) is 0 Å². The summed E-state index contributed by atoms with van der Waals surface area (Å²) in [5, 5.41) is 0. The number of hydrogen-bond donors (Lipinski definition) is 0. The minimum Gasteiger partial charge on any atom is -0.491 e. The van der Waals surface area contributed by atoms with Gasteiger partial charge in [0.05, 0.1) is 33.7 Å². The van der Waals surface area contributed by atoms with Crippen LogP contribution >= 0.6 is 42.5 Å². The highest BCUT2D eigenvalue weighted by Crippen LogP contribution is 2.36. The molecule has 0 aliphatic rings. The van der Waals surface area contributed by atoms with Crippen molar-refractivity contribution in [2.45, 2.75) is 11.3 Å². The van der Waals surface area contributed by atoms with E-state index in [0.717, 1.165) is 0 Å². The van der Waals surface area contributed by atoms with Gasteiger partial charge in [0.25, 0.3) is 9.05 Å². The molecule has 1 aromatic rings. The summed E-state index contributed by atoms with van der Waals surface area (Å²) in [6.45, 7) is 2.11. The molecule has 1 aromatic carbocycles. The maximum Gasteiger partial charge on any atom is 0.261 e. The SMILES string of the molecule is COCCOCCCOc1c(Br)cc(S(=O)(=O)Cl)cc1Br. The van der Waals surface area contributed by atoms with Crippen molar-refractivity contribution < 1.29 is 22.6 Å². The lowest BCUT2D eigenvalue weighted by Crippen LogP contribution is -2.07. The van der Waals surface area contributed by atoms with Crippen molar-refractivity contribution in [2.75, 3.05) is 33.5 Å². The van der Waals surface area contributed by atoms with E-state index < -0.39 is 9.05 Å². The van der Waals surface area contributed by atoms with Crippen molar-refractivity contribution in [1.82, 2.24) is 0 Å². The first kappa shape index (κ1) is 19.2. The second kappa shape index (κ2) is 9.32. The number of halogens is 3. The fraction of sp³-hybridized carbons (Fsp3) is 0.500. The van der Waals surface area contributed by atoms with Crippen LogP contribution in [0, 0.1) is 0 Å².